The molecule has 112 valence electrons. The molecule has 1 nitrogen and oxygen atoms in total. The maximum atomic E-state index is 5.92. The van der Waals surface area contributed by atoms with Gasteiger partial charge < -0.3 is 4.74 Å². The molecule has 2 fully saturated rings. The average Bonchev–Trinajstić information content (AvgIpc) is 2.47. The van der Waals surface area contributed by atoms with Gasteiger partial charge in [-0.05, 0) is 62.7 Å². The Kier molecular flexibility index (Phi) is 6.70. The highest BCUT2D eigenvalue weighted by molar-refractivity contribution is 4.82. The maximum absolute atomic E-state index is 5.92. The lowest BCUT2D eigenvalue weighted by Crippen LogP contribution is -2.28. The molecule has 0 amide bonds. The second kappa shape index (κ2) is 8.29. The monoisotopic (exact) mass is 266 g/mol. The van der Waals surface area contributed by atoms with Crippen molar-refractivity contribution in [2.45, 2.75) is 90.6 Å². The average molecular weight is 266 g/mol. The van der Waals surface area contributed by atoms with E-state index in [9.17, 15) is 0 Å². The topological polar surface area (TPSA) is 9.23 Å². The van der Waals surface area contributed by atoms with Crippen molar-refractivity contribution in [3.8, 4) is 0 Å². The SMILES string of the molecule is CCCOC1CCC(C2CCC(CCC)CC2)CC1. The van der Waals surface area contributed by atoms with Crippen molar-refractivity contribution in [1.82, 2.24) is 0 Å². The maximum Gasteiger partial charge on any atom is 0.0575 e. The molecule has 19 heavy (non-hydrogen) atoms. The third-order valence-corrected chi connectivity index (χ3v) is 5.53. The largest absolute Gasteiger partial charge is 0.378 e. The quantitative estimate of drug-likeness (QED) is 0.610. The van der Waals surface area contributed by atoms with Crippen molar-refractivity contribution in [3.63, 3.8) is 0 Å². The van der Waals surface area contributed by atoms with Crippen LogP contribution in [0.1, 0.15) is 84.5 Å². The molecule has 0 heterocycles. The summed E-state index contributed by atoms with van der Waals surface area (Å²) in [5.74, 6) is 3.15. The normalized spacial score (nSPS) is 36.3. The zero-order valence-corrected chi connectivity index (χ0v) is 13.2. The first-order chi connectivity index (χ1) is 9.33. The molecule has 0 saturated heterocycles. The molecule has 0 atom stereocenters. The third kappa shape index (κ3) is 4.77. The standard InChI is InChI=1S/C18H34O/c1-3-5-15-6-8-16(9-7-15)17-10-12-18(13-11-17)19-14-4-2/h15-18H,3-14H2,1-2H3. The van der Waals surface area contributed by atoms with E-state index in [4.69, 9.17) is 4.74 Å². The van der Waals surface area contributed by atoms with Gasteiger partial charge in [0.25, 0.3) is 0 Å². The van der Waals surface area contributed by atoms with E-state index in [1.807, 2.05) is 0 Å². The molecule has 0 aromatic heterocycles. The van der Waals surface area contributed by atoms with Crippen LogP contribution >= 0.6 is 0 Å². The Bertz CT molecular complexity index is 222. The molecule has 0 bridgehead atoms. The molecule has 0 aromatic rings. The summed E-state index contributed by atoms with van der Waals surface area (Å²) in [6.45, 7) is 5.52. The fourth-order valence-electron chi connectivity index (χ4n) is 4.37. The lowest BCUT2D eigenvalue weighted by Gasteiger charge is -2.37. The second-order valence-electron chi connectivity index (χ2n) is 6.98. The minimum absolute atomic E-state index is 0.590. The summed E-state index contributed by atoms with van der Waals surface area (Å²) in [5.41, 5.74) is 0. The van der Waals surface area contributed by atoms with E-state index in [0.29, 0.717) is 6.10 Å². The molecule has 2 aliphatic rings. The highest BCUT2D eigenvalue weighted by atomic mass is 16.5. The molecule has 0 aromatic carbocycles. The molecule has 1 heteroatoms. The Labute approximate surface area is 120 Å². The fourth-order valence-corrected chi connectivity index (χ4v) is 4.37. The van der Waals surface area contributed by atoms with E-state index >= 15 is 0 Å². The minimum atomic E-state index is 0.590. The molecule has 2 saturated carbocycles. The summed E-state index contributed by atoms with van der Waals surface area (Å²) in [4.78, 5) is 0. The van der Waals surface area contributed by atoms with E-state index in [1.165, 1.54) is 70.6 Å². The first-order valence-corrected chi connectivity index (χ1v) is 8.95. The molecule has 2 aliphatic carbocycles. The first kappa shape index (κ1) is 15.4. The predicted molar refractivity (Wildman–Crippen MR) is 82.3 cm³/mol. The number of ether oxygens (including phenoxy) is 1. The molecule has 0 N–H and O–H groups in total. The lowest BCUT2D eigenvalue weighted by molar-refractivity contribution is 0.00728. The first-order valence-electron chi connectivity index (χ1n) is 8.95. The van der Waals surface area contributed by atoms with Gasteiger partial charge in [0.05, 0.1) is 6.10 Å². The summed E-state index contributed by atoms with van der Waals surface area (Å²) >= 11 is 0. The summed E-state index contributed by atoms with van der Waals surface area (Å²) in [7, 11) is 0. The number of hydrogen-bond acceptors (Lipinski definition) is 1. The van der Waals surface area contributed by atoms with E-state index in [1.54, 1.807) is 0 Å². The van der Waals surface area contributed by atoms with Crippen LogP contribution in [0.3, 0.4) is 0 Å². The zero-order valence-electron chi connectivity index (χ0n) is 13.2. The lowest BCUT2D eigenvalue weighted by atomic mass is 9.70. The van der Waals surface area contributed by atoms with Crippen LogP contribution in [0.25, 0.3) is 0 Å². The van der Waals surface area contributed by atoms with Gasteiger partial charge in [0.1, 0.15) is 0 Å². The molecule has 0 aliphatic heterocycles. The van der Waals surface area contributed by atoms with Crippen LogP contribution in [0.15, 0.2) is 0 Å². The molecule has 0 radical (unpaired) electrons. The van der Waals surface area contributed by atoms with Gasteiger partial charge in [-0.25, -0.2) is 0 Å². The predicted octanol–water partition coefficient (Wildman–Crippen LogP) is 5.58. The Morgan fingerprint density at radius 3 is 1.84 bits per heavy atom. The van der Waals surface area contributed by atoms with E-state index < -0.39 is 0 Å². The van der Waals surface area contributed by atoms with Crippen molar-refractivity contribution in [2.75, 3.05) is 6.61 Å². The summed E-state index contributed by atoms with van der Waals surface area (Å²) in [5, 5.41) is 0. The van der Waals surface area contributed by atoms with Crippen LogP contribution in [0, 0.1) is 17.8 Å². The third-order valence-electron chi connectivity index (χ3n) is 5.53. The van der Waals surface area contributed by atoms with Crippen LogP contribution in [-0.4, -0.2) is 12.7 Å². The highest BCUT2D eigenvalue weighted by Gasteiger charge is 2.30. The Balaban J connectivity index is 1.65. The van der Waals surface area contributed by atoms with Crippen molar-refractivity contribution >= 4 is 0 Å². The van der Waals surface area contributed by atoms with Gasteiger partial charge in [-0.2, -0.15) is 0 Å². The number of hydrogen-bond donors (Lipinski definition) is 0. The highest BCUT2D eigenvalue weighted by Crippen LogP contribution is 2.41. The van der Waals surface area contributed by atoms with Crippen LogP contribution in [0.5, 0.6) is 0 Å². The fraction of sp³-hybridized carbons (Fsp3) is 1.00. The molecule has 0 unspecified atom stereocenters. The van der Waals surface area contributed by atoms with Gasteiger partial charge in [-0.15, -0.1) is 0 Å². The zero-order chi connectivity index (χ0) is 13.5. The minimum Gasteiger partial charge on any atom is -0.378 e. The summed E-state index contributed by atoms with van der Waals surface area (Å²) in [6.07, 6.45) is 16.3. The molecule has 2 rings (SSSR count). The Morgan fingerprint density at radius 1 is 0.737 bits per heavy atom. The smallest absolute Gasteiger partial charge is 0.0575 e. The van der Waals surface area contributed by atoms with Gasteiger partial charge in [-0.3, -0.25) is 0 Å². The summed E-state index contributed by atoms with van der Waals surface area (Å²) < 4.78 is 5.92. The van der Waals surface area contributed by atoms with Crippen molar-refractivity contribution in [2.24, 2.45) is 17.8 Å². The van der Waals surface area contributed by atoms with Gasteiger partial charge in [0.2, 0.25) is 0 Å². The van der Waals surface area contributed by atoms with Crippen LogP contribution in [0.2, 0.25) is 0 Å². The molecular formula is C18H34O. The van der Waals surface area contributed by atoms with Crippen molar-refractivity contribution < 1.29 is 4.74 Å². The van der Waals surface area contributed by atoms with Gasteiger partial charge in [0.15, 0.2) is 0 Å². The van der Waals surface area contributed by atoms with Crippen LogP contribution in [0.4, 0.5) is 0 Å². The van der Waals surface area contributed by atoms with Crippen molar-refractivity contribution in [3.05, 3.63) is 0 Å². The van der Waals surface area contributed by atoms with Crippen molar-refractivity contribution in [1.29, 1.82) is 0 Å². The van der Waals surface area contributed by atoms with Gasteiger partial charge in [0, 0.05) is 6.61 Å². The van der Waals surface area contributed by atoms with Crippen LogP contribution < -0.4 is 0 Å². The van der Waals surface area contributed by atoms with E-state index in [-0.39, 0.29) is 0 Å². The Morgan fingerprint density at radius 2 is 1.32 bits per heavy atom. The summed E-state index contributed by atoms with van der Waals surface area (Å²) in [6, 6.07) is 0. The second-order valence-corrected chi connectivity index (χ2v) is 6.98. The Hall–Kier alpha value is -0.0400. The number of rotatable bonds is 6. The molecular weight excluding hydrogens is 232 g/mol. The van der Waals surface area contributed by atoms with Gasteiger partial charge in [-0.1, -0.05) is 39.5 Å². The van der Waals surface area contributed by atoms with Crippen LogP contribution in [-0.2, 0) is 4.74 Å². The van der Waals surface area contributed by atoms with Gasteiger partial charge >= 0.3 is 0 Å². The van der Waals surface area contributed by atoms with E-state index in [2.05, 4.69) is 13.8 Å². The van der Waals surface area contributed by atoms with E-state index in [0.717, 1.165) is 24.4 Å². The molecule has 0 spiro atoms.